The van der Waals surface area contributed by atoms with Crippen molar-refractivity contribution in [2.24, 2.45) is 0 Å². The molecule has 2 N–H and O–H groups in total. The van der Waals surface area contributed by atoms with Crippen LogP contribution in [0.15, 0.2) is 60.9 Å². The molecule has 2 heterocycles. The van der Waals surface area contributed by atoms with Gasteiger partial charge in [-0.25, -0.2) is 9.97 Å². The molecule has 7 nitrogen and oxygen atoms in total. The number of aryl methyl sites for hydroxylation is 1. The van der Waals surface area contributed by atoms with Crippen LogP contribution in [0.2, 0.25) is 0 Å². The quantitative estimate of drug-likeness (QED) is 0.602. The van der Waals surface area contributed by atoms with Crippen LogP contribution in [0.5, 0.6) is 11.5 Å². The van der Waals surface area contributed by atoms with Crippen molar-refractivity contribution < 1.29 is 14.3 Å². The van der Waals surface area contributed by atoms with E-state index < -0.39 is 0 Å². The third kappa shape index (κ3) is 5.01. The Labute approximate surface area is 169 Å². The molecule has 1 aliphatic heterocycles. The van der Waals surface area contributed by atoms with E-state index >= 15 is 0 Å². The molecule has 2 aromatic carbocycles. The van der Waals surface area contributed by atoms with Gasteiger partial charge in [-0.3, -0.25) is 4.79 Å². The van der Waals surface area contributed by atoms with Crippen LogP contribution in [-0.4, -0.2) is 35.6 Å². The summed E-state index contributed by atoms with van der Waals surface area (Å²) in [7, 11) is 0. The maximum atomic E-state index is 12.2. The number of hydrogen-bond donors (Lipinski definition) is 2. The third-order valence-electron chi connectivity index (χ3n) is 4.47. The first-order valence-corrected chi connectivity index (χ1v) is 9.59. The van der Waals surface area contributed by atoms with E-state index in [9.17, 15) is 4.79 Å². The van der Waals surface area contributed by atoms with E-state index in [0.717, 1.165) is 24.3 Å². The monoisotopic (exact) mass is 390 g/mol. The highest BCUT2D eigenvalue weighted by Crippen LogP contribution is 2.33. The molecule has 0 atom stereocenters. The molecule has 0 aliphatic carbocycles. The first kappa shape index (κ1) is 18.7. The maximum absolute atomic E-state index is 12.2. The van der Waals surface area contributed by atoms with Crippen LogP contribution in [0.25, 0.3) is 0 Å². The lowest BCUT2D eigenvalue weighted by atomic mass is 10.1. The molecule has 3 aromatic rings. The summed E-state index contributed by atoms with van der Waals surface area (Å²) < 4.78 is 11.1. The van der Waals surface area contributed by atoms with Gasteiger partial charge in [0.05, 0.1) is 12.4 Å². The Morgan fingerprint density at radius 3 is 2.59 bits per heavy atom. The number of hydrogen-bond acceptors (Lipinski definition) is 6. The van der Waals surface area contributed by atoms with Crippen LogP contribution in [0.3, 0.4) is 0 Å². The molecule has 148 valence electrons. The number of carbonyl (C=O) groups is 1. The highest BCUT2D eigenvalue weighted by Gasteiger charge is 2.12. The van der Waals surface area contributed by atoms with Crippen molar-refractivity contribution in [1.29, 1.82) is 0 Å². The van der Waals surface area contributed by atoms with Crippen LogP contribution in [0.4, 0.5) is 11.5 Å². The largest absolute Gasteiger partial charge is 0.486 e. The topological polar surface area (TPSA) is 85.4 Å². The highest BCUT2D eigenvalue weighted by atomic mass is 16.6. The maximum Gasteiger partial charge on any atom is 0.271 e. The number of amides is 1. The Hall–Kier alpha value is -3.61. The summed E-state index contributed by atoms with van der Waals surface area (Å²) >= 11 is 0. The number of anilines is 2. The molecule has 4 rings (SSSR count). The van der Waals surface area contributed by atoms with Gasteiger partial charge in [0.2, 0.25) is 0 Å². The van der Waals surface area contributed by atoms with E-state index in [1.807, 2.05) is 36.4 Å². The van der Waals surface area contributed by atoms with E-state index in [4.69, 9.17) is 9.47 Å². The van der Waals surface area contributed by atoms with Crippen molar-refractivity contribution in [1.82, 2.24) is 15.3 Å². The molecular weight excluding hydrogens is 368 g/mol. The zero-order chi connectivity index (χ0) is 19.9. The van der Waals surface area contributed by atoms with E-state index in [2.05, 4.69) is 32.7 Å². The third-order valence-corrected chi connectivity index (χ3v) is 4.47. The number of fused-ring (bicyclic) bond motifs is 1. The molecule has 0 saturated carbocycles. The van der Waals surface area contributed by atoms with Crippen molar-refractivity contribution in [3.63, 3.8) is 0 Å². The number of aromatic nitrogens is 2. The molecule has 1 aromatic heterocycles. The van der Waals surface area contributed by atoms with E-state index in [-0.39, 0.29) is 11.6 Å². The van der Waals surface area contributed by atoms with Gasteiger partial charge in [-0.05, 0) is 30.5 Å². The second-order valence-electron chi connectivity index (χ2n) is 6.62. The molecule has 1 amide bonds. The van der Waals surface area contributed by atoms with E-state index in [1.165, 1.54) is 18.0 Å². The average Bonchev–Trinajstić information content (AvgIpc) is 2.78. The number of benzene rings is 2. The zero-order valence-electron chi connectivity index (χ0n) is 15.9. The number of nitrogens with one attached hydrogen (secondary N) is 2. The first-order chi connectivity index (χ1) is 14.3. The second-order valence-corrected chi connectivity index (χ2v) is 6.62. The van der Waals surface area contributed by atoms with Crippen molar-refractivity contribution in [2.75, 3.05) is 25.1 Å². The van der Waals surface area contributed by atoms with Gasteiger partial charge in [0.1, 0.15) is 24.7 Å². The summed E-state index contributed by atoms with van der Waals surface area (Å²) in [4.78, 5) is 20.7. The van der Waals surface area contributed by atoms with Gasteiger partial charge in [-0.2, -0.15) is 0 Å². The summed E-state index contributed by atoms with van der Waals surface area (Å²) in [6.07, 6.45) is 4.79. The highest BCUT2D eigenvalue weighted by molar-refractivity contribution is 5.92. The van der Waals surface area contributed by atoms with Gasteiger partial charge in [0.15, 0.2) is 11.5 Å². The number of ether oxygens (including phenoxy) is 2. The van der Waals surface area contributed by atoms with Crippen molar-refractivity contribution >= 4 is 17.4 Å². The van der Waals surface area contributed by atoms with Crippen LogP contribution < -0.4 is 20.1 Å². The molecule has 7 heteroatoms. The Morgan fingerprint density at radius 1 is 0.966 bits per heavy atom. The Balaban J connectivity index is 1.27. The Kier molecular flexibility index (Phi) is 5.85. The molecule has 0 saturated heterocycles. The molecule has 0 spiro atoms. The van der Waals surface area contributed by atoms with Crippen LogP contribution in [-0.2, 0) is 6.42 Å². The molecule has 0 fully saturated rings. The Morgan fingerprint density at radius 2 is 1.79 bits per heavy atom. The smallest absolute Gasteiger partial charge is 0.271 e. The van der Waals surface area contributed by atoms with Crippen LogP contribution in [0.1, 0.15) is 22.5 Å². The predicted molar refractivity (Wildman–Crippen MR) is 110 cm³/mol. The number of rotatable bonds is 7. The van der Waals surface area contributed by atoms with Gasteiger partial charge >= 0.3 is 0 Å². The van der Waals surface area contributed by atoms with Gasteiger partial charge in [0.25, 0.3) is 5.91 Å². The summed E-state index contributed by atoms with van der Waals surface area (Å²) in [6, 6.07) is 15.8. The number of carbonyl (C=O) groups excluding carboxylic acids is 1. The molecule has 29 heavy (non-hydrogen) atoms. The summed E-state index contributed by atoms with van der Waals surface area (Å²) in [5.41, 5.74) is 2.36. The minimum atomic E-state index is -0.226. The summed E-state index contributed by atoms with van der Waals surface area (Å²) in [5.74, 6) is 1.74. The van der Waals surface area contributed by atoms with Gasteiger partial charge < -0.3 is 20.1 Å². The zero-order valence-corrected chi connectivity index (χ0v) is 15.9. The molecule has 0 bridgehead atoms. The van der Waals surface area contributed by atoms with Crippen molar-refractivity contribution in [3.05, 3.63) is 72.2 Å². The fourth-order valence-corrected chi connectivity index (χ4v) is 3.01. The van der Waals surface area contributed by atoms with Gasteiger partial charge in [0, 0.05) is 18.3 Å². The fourth-order valence-electron chi connectivity index (χ4n) is 3.01. The van der Waals surface area contributed by atoms with Gasteiger partial charge in [-0.15, -0.1) is 0 Å². The number of nitrogens with zero attached hydrogens (tertiary/aromatic N) is 2. The fraction of sp³-hybridized carbons (Fsp3) is 0.227. The normalized spacial score (nSPS) is 12.3. The Bertz CT molecular complexity index is 962. The van der Waals surface area contributed by atoms with Crippen molar-refractivity contribution in [2.45, 2.75) is 12.8 Å². The molecule has 0 radical (unpaired) electrons. The summed E-state index contributed by atoms with van der Waals surface area (Å²) in [6.45, 7) is 1.68. The lowest BCUT2D eigenvalue weighted by Gasteiger charge is -2.19. The van der Waals surface area contributed by atoms with E-state index in [1.54, 1.807) is 0 Å². The van der Waals surface area contributed by atoms with Crippen LogP contribution >= 0.6 is 0 Å². The van der Waals surface area contributed by atoms with E-state index in [0.29, 0.717) is 31.3 Å². The second kappa shape index (κ2) is 9.05. The summed E-state index contributed by atoms with van der Waals surface area (Å²) in [5, 5.41) is 6.03. The first-order valence-electron chi connectivity index (χ1n) is 9.59. The average molecular weight is 390 g/mol. The molecule has 0 unspecified atom stereocenters. The molecular formula is C22H22N4O3. The minimum absolute atomic E-state index is 0.226. The van der Waals surface area contributed by atoms with Crippen LogP contribution in [0, 0.1) is 0 Å². The van der Waals surface area contributed by atoms with Gasteiger partial charge in [-0.1, -0.05) is 30.3 Å². The standard InChI is InChI=1S/C22H22N4O3/c27-22(23-10-4-7-16-5-2-1-3-6-16)18-14-25-21(15-24-18)26-17-8-9-19-20(13-17)29-12-11-28-19/h1-3,5-6,8-9,13-15H,4,7,10-12H2,(H,23,27)(H,25,26). The minimum Gasteiger partial charge on any atom is -0.486 e. The SMILES string of the molecule is O=C(NCCCc1ccccc1)c1cnc(Nc2ccc3c(c2)OCCO3)cn1. The lowest BCUT2D eigenvalue weighted by molar-refractivity contribution is 0.0948. The molecule has 1 aliphatic rings. The van der Waals surface area contributed by atoms with Crippen molar-refractivity contribution in [3.8, 4) is 11.5 Å². The lowest BCUT2D eigenvalue weighted by Crippen LogP contribution is -2.25. The predicted octanol–water partition coefficient (Wildman–Crippen LogP) is 3.35.